The van der Waals surface area contributed by atoms with Crippen LogP contribution < -0.4 is 16.4 Å². The molecule has 0 saturated carbocycles. The number of fused-ring (bicyclic) bond motifs is 1. The standard InChI is InChI=1S/C30H37N3O5S/c1-2-3-18-38-29(35)27-30(16-9-17-32-27,21-33-28(34)26(31)19-22-10-5-4-6-11-22)39(36,37)25-15-14-23-12-7-8-13-24(23)20-25/h4-8,10-15,20,26-27,32H,2-3,9,16-19,21,31H2,1H3,(H,33,34)/t26-,27?,30?/m0/s1. The number of ether oxygens (including phenoxy) is 1. The average Bonchev–Trinajstić information content (AvgIpc) is 2.96. The Morgan fingerprint density at radius 2 is 1.79 bits per heavy atom. The number of nitrogens with two attached hydrogens (primary N) is 1. The molecule has 3 aromatic carbocycles. The predicted octanol–water partition coefficient (Wildman–Crippen LogP) is 3.13. The van der Waals surface area contributed by atoms with E-state index in [1.807, 2.05) is 61.5 Å². The molecule has 2 unspecified atom stereocenters. The molecule has 0 aliphatic carbocycles. The molecular weight excluding hydrogens is 514 g/mol. The van der Waals surface area contributed by atoms with Gasteiger partial charge in [0.25, 0.3) is 0 Å². The Kier molecular flexibility index (Phi) is 9.37. The number of unbranched alkanes of at least 4 members (excludes halogenated alkanes) is 1. The number of hydrogen-bond acceptors (Lipinski definition) is 7. The molecule has 0 aromatic heterocycles. The predicted molar refractivity (Wildman–Crippen MR) is 152 cm³/mol. The summed E-state index contributed by atoms with van der Waals surface area (Å²) in [6.45, 7) is 2.37. The third-order valence-electron chi connectivity index (χ3n) is 7.39. The van der Waals surface area contributed by atoms with Crippen LogP contribution in [-0.4, -0.2) is 56.8 Å². The first-order chi connectivity index (χ1) is 18.8. The van der Waals surface area contributed by atoms with Gasteiger partial charge in [-0.25, -0.2) is 8.42 Å². The number of rotatable bonds is 11. The van der Waals surface area contributed by atoms with Gasteiger partial charge in [0.05, 0.1) is 17.5 Å². The fourth-order valence-electron chi connectivity index (χ4n) is 5.14. The highest BCUT2D eigenvalue weighted by Gasteiger charge is 2.55. The van der Waals surface area contributed by atoms with Crippen molar-refractivity contribution in [1.82, 2.24) is 10.6 Å². The molecule has 8 nitrogen and oxygen atoms in total. The van der Waals surface area contributed by atoms with E-state index in [1.165, 1.54) is 0 Å². The number of carbonyl (C=O) groups is 2. The SMILES string of the molecule is CCCCOC(=O)C1NCCCC1(CNC(=O)[C@@H](N)Cc1ccccc1)S(=O)(=O)c1ccc2ccccc2c1. The van der Waals surface area contributed by atoms with E-state index < -0.39 is 38.5 Å². The third-order valence-corrected chi connectivity index (χ3v) is 9.92. The number of esters is 1. The summed E-state index contributed by atoms with van der Waals surface area (Å²) in [5, 5.41) is 7.57. The molecule has 1 amide bonds. The largest absolute Gasteiger partial charge is 0.464 e. The number of nitrogens with one attached hydrogen (secondary N) is 2. The molecule has 1 saturated heterocycles. The second-order valence-electron chi connectivity index (χ2n) is 10.1. The van der Waals surface area contributed by atoms with Crippen LogP contribution in [0.1, 0.15) is 38.2 Å². The van der Waals surface area contributed by atoms with Gasteiger partial charge in [0.2, 0.25) is 5.91 Å². The highest BCUT2D eigenvalue weighted by molar-refractivity contribution is 7.93. The van der Waals surface area contributed by atoms with Gasteiger partial charge >= 0.3 is 5.97 Å². The van der Waals surface area contributed by atoms with E-state index in [-0.39, 0.29) is 24.5 Å². The van der Waals surface area contributed by atoms with Crippen molar-refractivity contribution in [2.45, 2.75) is 60.8 Å². The molecule has 208 valence electrons. The van der Waals surface area contributed by atoms with Crippen LogP contribution in [0, 0.1) is 0 Å². The lowest BCUT2D eigenvalue weighted by Crippen LogP contribution is -2.67. The molecule has 4 N–H and O–H groups in total. The van der Waals surface area contributed by atoms with Gasteiger partial charge in [-0.2, -0.15) is 0 Å². The molecule has 1 fully saturated rings. The number of amides is 1. The first kappa shape index (κ1) is 28.7. The number of carbonyl (C=O) groups excluding carboxylic acids is 2. The van der Waals surface area contributed by atoms with E-state index in [2.05, 4.69) is 10.6 Å². The highest BCUT2D eigenvalue weighted by Crippen LogP contribution is 2.37. The van der Waals surface area contributed by atoms with E-state index in [0.717, 1.165) is 22.8 Å². The first-order valence-corrected chi connectivity index (χ1v) is 15.0. The van der Waals surface area contributed by atoms with Gasteiger partial charge in [-0.1, -0.05) is 74.0 Å². The number of hydrogen-bond donors (Lipinski definition) is 3. The van der Waals surface area contributed by atoms with Crippen molar-refractivity contribution in [3.05, 3.63) is 78.4 Å². The molecule has 4 rings (SSSR count). The molecule has 1 aliphatic heterocycles. The van der Waals surface area contributed by atoms with Gasteiger partial charge in [0, 0.05) is 6.54 Å². The Balaban J connectivity index is 1.67. The maximum atomic E-state index is 14.4. The molecule has 0 radical (unpaired) electrons. The van der Waals surface area contributed by atoms with Crippen molar-refractivity contribution in [2.75, 3.05) is 19.7 Å². The van der Waals surface area contributed by atoms with Crippen molar-refractivity contribution in [1.29, 1.82) is 0 Å². The Morgan fingerprint density at radius 1 is 1.08 bits per heavy atom. The fraction of sp³-hybridized carbons (Fsp3) is 0.400. The van der Waals surface area contributed by atoms with Crippen LogP contribution in [0.25, 0.3) is 10.8 Å². The highest BCUT2D eigenvalue weighted by atomic mass is 32.2. The quantitative estimate of drug-likeness (QED) is 0.247. The molecule has 3 aromatic rings. The lowest BCUT2D eigenvalue weighted by atomic mass is 9.89. The summed E-state index contributed by atoms with van der Waals surface area (Å²) >= 11 is 0. The summed E-state index contributed by atoms with van der Waals surface area (Å²) < 4.78 is 32.7. The Labute approximate surface area is 230 Å². The summed E-state index contributed by atoms with van der Waals surface area (Å²) in [4.78, 5) is 26.5. The van der Waals surface area contributed by atoms with E-state index >= 15 is 0 Å². The van der Waals surface area contributed by atoms with Gasteiger partial charge in [0.15, 0.2) is 9.84 Å². The zero-order chi connectivity index (χ0) is 27.9. The monoisotopic (exact) mass is 551 g/mol. The third kappa shape index (κ3) is 6.32. The molecular formula is C30H37N3O5S. The maximum absolute atomic E-state index is 14.4. The maximum Gasteiger partial charge on any atom is 0.324 e. The van der Waals surface area contributed by atoms with Crippen LogP contribution in [0.4, 0.5) is 0 Å². The molecule has 0 bridgehead atoms. The molecule has 3 atom stereocenters. The van der Waals surface area contributed by atoms with Crippen molar-refractivity contribution >= 4 is 32.5 Å². The lowest BCUT2D eigenvalue weighted by Gasteiger charge is -2.42. The number of benzene rings is 3. The average molecular weight is 552 g/mol. The molecule has 9 heteroatoms. The normalized spacial score (nSPS) is 20.3. The molecule has 1 aliphatic rings. The van der Waals surface area contributed by atoms with Crippen molar-refractivity contribution < 1.29 is 22.7 Å². The first-order valence-electron chi connectivity index (χ1n) is 13.5. The summed E-state index contributed by atoms with van der Waals surface area (Å²) in [6, 6.07) is 19.8. The van der Waals surface area contributed by atoms with Crippen LogP contribution in [0.3, 0.4) is 0 Å². The van der Waals surface area contributed by atoms with Gasteiger partial charge in [-0.15, -0.1) is 0 Å². The van der Waals surface area contributed by atoms with Crippen molar-refractivity contribution in [3.8, 4) is 0 Å². The number of piperidine rings is 1. The van der Waals surface area contributed by atoms with E-state index in [4.69, 9.17) is 10.5 Å². The smallest absolute Gasteiger partial charge is 0.324 e. The summed E-state index contributed by atoms with van der Waals surface area (Å²) in [5.41, 5.74) is 7.10. The van der Waals surface area contributed by atoms with Crippen LogP contribution in [0.5, 0.6) is 0 Å². The van der Waals surface area contributed by atoms with Crippen LogP contribution >= 0.6 is 0 Å². The van der Waals surface area contributed by atoms with Gasteiger partial charge in [-0.05, 0) is 60.7 Å². The summed E-state index contributed by atoms with van der Waals surface area (Å²) in [6.07, 6.45) is 2.50. The van der Waals surface area contributed by atoms with E-state index in [1.54, 1.807) is 18.2 Å². The van der Waals surface area contributed by atoms with E-state index in [9.17, 15) is 18.0 Å². The molecule has 0 spiro atoms. The zero-order valence-corrected chi connectivity index (χ0v) is 23.1. The van der Waals surface area contributed by atoms with Gasteiger partial charge in [-0.3, -0.25) is 9.59 Å². The second-order valence-corrected chi connectivity index (χ2v) is 12.4. The summed E-state index contributed by atoms with van der Waals surface area (Å²) in [7, 11) is -4.14. The van der Waals surface area contributed by atoms with Gasteiger partial charge in [0.1, 0.15) is 10.8 Å². The Bertz CT molecular complexity index is 1400. The van der Waals surface area contributed by atoms with Gasteiger partial charge < -0.3 is 21.1 Å². The lowest BCUT2D eigenvalue weighted by molar-refractivity contribution is -0.148. The van der Waals surface area contributed by atoms with E-state index in [0.29, 0.717) is 25.8 Å². The Morgan fingerprint density at radius 3 is 2.54 bits per heavy atom. The van der Waals surface area contributed by atoms with Crippen molar-refractivity contribution in [2.24, 2.45) is 5.73 Å². The molecule has 39 heavy (non-hydrogen) atoms. The zero-order valence-electron chi connectivity index (χ0n) is 22.3. The number of sulfone groups is 1. The van der Waals surface area contributed by atoms with Crippen molar-refractivity contribution in [3.63, 3.8) is 0 Å². The minimum atomic E-state index is -4.14. The minimum absolute atomic E-state index is 0.0964. The Hall–Kier alpha value is -3.27. The topological polar surface area (TPSA) is 128 Å². The van der Waals surface area contributed by atoms with Crippen LogP contribution in [0.2, 0.25) is 0 Å². The minimum Gasteiger partial charge on any atom is -0.464 e. The summed E-state index contributed by atoms with van der Waals surface area (Å²) in [5.74, 6) is -1.11. The molecule has 1 heterocycles. The second kappa shape index (κ2) is 12.7. The fourth-order valence-corrected chi connectivity index (χ4v) is 7.30. The van der Waals surface area contributed by atoms with Crippen LogP contribution in [0.15, 0.2) is 77.7 Å². The van der Waals surface area contributed by atoms with Crippen LogP contribution in [-0.2, 0) is 30.6 Å².